The van der Waals surface area contributed by atoms with Gasteiger partial charge in [0, 0.05) is 18.5 Å². The summed E-state index contributed by atoms with van der Waals surface area (Å²) in [6, 6.07) is 7.04. The van der Waals surface area contributed by atoms with Crippen LogP contribution in [0.2, 0.25) is 0 Å². The van der Waals surface area contributed by atoms with E-state index in [9.17, 15) is 17.6 Å². The number of hydrogen-bond acceptors (Lipinski definition) is 6. The highest BCUT2D eigenvalue weighted by Gasteiger charge is 2.45. The molecule has 0 radical (unpaired) electrons. The second kappa shape index (κ2) is 9.15. The molecule has 1 heterocycles. The molecule has 4 rings (SSSR count). The summed E-state index contributed by atoms with van der Waals surface area (Å²) in [5.74, 6) is -0.135. The van der Waals surface area contributed by atoms with Gasteiger partial charge in [-0.1, -0.05) is 32.1 Å². The third kappa shape index (κ3) is 4.89. The first-order valence-electron chi connectivity index (χ1n) is 10.8. The van der Waals surface area contributed by atoms with Gasteiger partial charge in [0.2, 0.25) is 0 Å². The minimum atomic E-state index is -4.16. The van der Waals surface area contributed by atoms with Crippen LogP contribution in [0.5, 0.6) is 5.75 Å². The maximum absolute atomic E-state index is 13.9. The van der Waals surface area contributed by atoms with Crippen LogP contribution >= 0.6 is 0 Å². The fourth-order valence-corrected chi connectivity index (χ4v) is 5.28. The molecule has 9 heteroatoms. The average molecular weight is 475 g/mol. The summed E-state index contributed by atoms with van der Waals surface area (Å²) >= 11 is 0. The summed E-state index contributed by atoms with van der Waals surface area (Å²) in [6.45, 7) is 4.95. The molecule has 0 aromatic heterocycles. The molecule has 2 atom stereocenters. The Balaban J connectivity index is 1.69. The number of methoxy groups -OCH3 is 1. The molecule has 176 valence electrons. The van der Waals surface area contributed by atoms with Crippen molar-refractivity contribution < 1.29 is 27.1 Å². The molecule has 2 aromatic rings. The zero-order chi connectivity index (χ0) is 23.8. The summed E-state index contributed by atoms with van der Waals surface area (Å²) in [7, 11) is -2.93. The lowest BCUT2D eigenvalue weighted by Gasteiger charge is -2.22. The van der Waals surface area contributed by atoms with Crippen molar-refractivity contribution in [1.29, 1.82) is 0 Å². The maximum Gasteiger partial charge on any atom is 0.343 e. The van der Waals surface area contributed by atoms with Gasteiger partial charge in [0.05, 0.1) is 24.3 Å². The van der Waals surface area contributed by atoms with Crippen LogP contribution in [-0.2, 0) is 14.8 Å². The molecule has 1 fully saturated rings. The second-order valence-corrected chi connectivity index (χ2v) is 10.2. The van der Waals surface area contributed by atoms with Crippen molar-refractivity contribution in [1.82, 2.24) is 5.32 Å². The quantitative estimate of drug-likeness (QED) is 0.564. The molecule has 2 N–H and O–H groups in total. The molecule has 0 saturated heterocycles. The van der Waals surface area contributed by atoms with Crippen molar-refractivity contribution in [3.63, 3.8) is 0 Å². The fourth-order valence-electron chi connectivity index (χ4n) is 4.02. The zero-order valence-corrected chi connectivity index (χ0v) is 19.5. The lowest BCUT2D eigenvalue weighted by molar-refractivity contribution is 0.0596. The van der Waals surface area contributed by atoms with Gasteiger partial charge in [-0.15, -0.1) is 0 Å². The van der Waals surface area contributed by atoms with Gasteiger partial charge in [-0.05, 0) is 47.7 Å². The van der Waals surface area contributed by atoms with E-state index in [1.807, 2.05) is 13.8 Å². The number of esters is 1. The molecule has 1 saturated carbocycles. The van der Waals surface area contributed by atoms with Crippen LogP contribution in [0.15, 0.2) is 41.3 Å². The average Bonchev–Trinajstić information content (AvgIpc) is 3.55. The van der Waals surface area contributed by atoms with Crippen molar-refractivity contribution in [3.8, 4) is 5.75 Å². The first-order chi connectivity index (χ1) is 15.7. The third-order valence-electron chi connectivity index (χ3n) is 5.79. The van der Waals surface area contributed by atoms with E-state index in [1.165, 1.54) is 13.2 Å². The summed E-state index contributed by atoms with van der Waals surface area (Å²) in [4.78, 5) is 12.5. The molecule has 33 heavy (non-hydrogen) atoms. The normalized spacial score (nSPS) is 19.1. The van der Waals surface area contributed by atoms with E-state index in [0.717, 1.165) is 24.1 Å². The van der Waals surface area contributed by atoms with E-state index in [4.69, 9.17) is 9.47 Å². The highest BCUT2D eigenvalue weighted by Crippen LogP contribution is 2.55. The van der Waals surface area contributed by atoms with Crippen molar-refractivity contribution >= 4 is 27.8 Å². The summed E-state index contributed by atoms with van der Waals surface area (Å²) in [5.41, 5.74) is 1.19. The molecule has 1 aliphatic carbocycles. The van der Waals surface area contributed by atoms with Crippen molar-refractivity contribution in [3.05, 3.63) is 58.9 Å². The van der Waals surface area contributed by atoms with E-state index < -0.39 is 21.8 Å². The highest BCUT2D eigenvalue weighted by molar-refractivity contribution is 7.92. The van der Waals surface area contributed by atoms with Gasteiger partial charge in [-0.2, -0.15) is 0 Å². The van der Waals surface area contributed by atoms with Gasteiger partial charge >= 0.3 is 5.97 Å². The fraction of sp³-hybridized carbons (Fsp3) is 0.375. The molecule has 1 aliphatic heterocycles. The molecule has 2 aliphatic rings. The Morgan fingerprint density at radius 3 is 2.82 bits per heavy atom. The van der Waals surface area contributed by atoms with E-state index in [-0.39, 0.29) is 27.8 Å². The number of halogens is 1. The minimum absolute atomic E-state index is 0.0456. The second-order valence-electron chi connectivity index (χ2n) is 8.56. The Morgan fingerprint density at radius 1 is 1.30 bits per heavy atom. The number of fused-ring (bicyclic) bond motifs is 3. The minimum Gasteiger partial charge on any atom is -0.492 e. The summed E-state index contributed by atoms with van der Waals surface area (Å²) in [5, 5.41) is 3.18. The Morgan fingerprint density at radius 2 is 2.09 bits per heavy atom. The lowest BCUT2D eigenvalue weighted by atomic mass is 10.0. The third-order valence-corrected chi connectivity index (χ3v) is 7.23. The molecule has 7 nitrogen and oxygen atoms in total. The molecular weight excluding hydrogens is 447 g/mol. The van der Waals surface area contributed by atoms with E-state index >= 15 is 0 Å². The topological polar surface area (TPSA) is 93.7 Å². The molecular formula is C24H27FN2O5S. The lowest BCUT2D eigenvalue weighted by Crippen LogP contribution is -2.22. The predicted molar refractivity (Wildman–Crippen MR) is 124 cm³/mol. The maximum atomic E-state index is 13.9. The van der Waals surface area contributed by atoms with Gasteiger partial charge < -0.3 is 14.8 Å². The zero-order valence-electron chi connectivity index (χ0n) is 18.7. The Hall–Kier alpha value is -2.91. The Bertz CT molecular complexity index is 1210. The van der Waals surface area contributed by atoms with E-state index in [2.05, 4.69) is 10.0 Å². The Kier molecular flexibility index (Phi) is 6.45. The van der Waals surface area contributed by atoms with Gasteiger partial charge in [0.25, 0.3) is 10.0 Å². The van der Waals surface area contributed by atoms with Gasteiger partial charge in [-0.3, -0.25) is 4.72 Å². The molecule has 2 unspecified atom stereocenters. The van der Waals surface area contributed by atoms with Crippen molar-refractivity contribution in [2.75, 3.05) is 25.0 Å². The molecule has 0 bridgehead atoms. The first kappa shape index (κ1) is 23.3. The van der Waals surface area contributed by atoms with Gasteiger partial charge in [-0.25, -0.2) is 17.6 Å². The largest absolute Gasteiger partial charge is 0.492 e. The van der Waals surface area contributed by atoms with Crippen LogP contribution in [0.25, 0.3) is 6.08 Å². The van der Waals surface area contributed by atoms with Crippen LogP contribution in [0.4, 0.5) is 10.1 Å². The number of rotatable bonds is 8. The van der Waals surface area contributed by atoms with E-state index in [0.29, 0.717) is 30.7 Å². The number of nitrogens with one attached hydrogen (secondary N) is 2. The predicted octanol–water partition coefficient (Wildman–Crippen LogP) is 3.92. The van der Waals surface area contributed by atoms with Crippen LogP contribution in [0.3, 0.4) is 0 Å². The van der Waals surface area contributed by atoms with E-state index in [1.54, 1.807) is 24.3 Å². The van der Waals surface area contributed by atoms with Gasteiger partial charge in [0.1, 0.15) is 17.1 Å². The molecule has 0 spiro atoms. The SMILES string of the molecule is COC(=O)c1c(NS(=O)(=O)c2ccc(F)cc2/C=C\CNC(C)C)ccc2c1OCC1CC21. The van der Waals surface area contributed by atoms with Crippen LogP contribution < -0.4 is 14.8 Å². The summed E-state index contributed by atoms with van der Waals surface area (Å²) < 4.78 is 53.7. The number of carbonyl (C=O) groups excluding carboxylic acids is 1. The standard InChI is InChI=1S/C24H27FN2O5S/c1-14(2)26-10-4-5-15-11-17(25)6-9-21(15)33(29,30)27-20-8-7-18-19-12-16(19)13-32-23(18)22(20)24(28)31-3/h4-9,11,14,16,19,26-27H,10,12-13H2,1-3H3/b5-4-. The number of carbonyl (C=O) groups is 1. The number of hydrogen-bond donors (Lipinski definition) is 2. The number of sulfonamides is 1. The first-order valence-corrected chi connectivity index (χ1v) is 12.3. The summed E-state index contributed by atoms with van der Waals surface area (Å²) in [6.07, 6.45) is 4.26. The molecule has 0 amide bonds. The monoisotopic (exact) mass is 474 g/mol. The van der Waals surface area contributed by atoms with Crippen LogP contribution in [-0.4, -0.2) is 40.7 Å². The smallest absolute Gasteiger partial charge is 0.343 e. The van der Waals surface area contributed by atoms with Crippen molar-refractivity contribution in [2.24, 2.45) is 5.92 Å². The number of benzene rings is 2. The number of ether oxygens (including phenoxy) is 2. The van der Waals surface area contributed by atoms with Crippen LogP contribution in [0.1, 0.15) is 47.7 Å². The highest BCUT2D eigenvalue weighted by atomic mass is 32.2. The molecule has 2 aromatic carbocycles. The van der Waals surface area contributed by atoms with Gasteiger partial charge in [0.15, 0.2) is 0 Å². The Labute approximate surface area is 193 Å². The number of anilines is 1. The van der Waals surface area contributed by atoms with Crippen molar-refractivity contribution in [2.45, 2.75) is 37.1 Å². The van der Waals surface area contributed by atoms with Crippen LogP contribution in [0, 0.1) is 11.7 Å².